The number of aromatic nitrogens is 2. The molecule has 1 aromatic heterocycles. The van der Waals surface area contributed by atoms with Crippen LogP contribution in [0, 0.1) is 0 Å². The van der Waals surface area contributed by atoms with Gasteiger partial charge in [-0.1, -0.05) is 0 Å². The van der Waals surface area contributed by atoms with Gasteiger partial charge < -0.3 is 0 Å². The lowest BCUT2D eigenvalue weighted by Gasteiger charge is -2.13. The molecule has 0 saturated carbocycles. The van der Waals surface area contributed by atoms with Crippen molar-refractivity contribution in [1.29, 1.82) is 0 Å². The highest BCUT2D eigenvalue weighted by Crippen LogP contribution is 2.36. The van der Waals surface area contributed by atoms with E-state index in [-0.39, 0.29) is 12.0 Å². The third-order valence-electron chi connectivity index (χ3n) is 2.64. The predicted octanol–water partition coefficient (Wildman–Crippen LogP) is 3.77. The number of nitrogens with zero attached hydrogens (tertiary/aromatic N) is 2. The third-order valence-corrected chi connectivity index (χ3v) is 2.64. The van der Waals surface area contributed by atoms with Gasteiger partial charge >= 0.3 is 12.4 Å². The van der Waals surface area contributed by atoms with Gasteiger partial charge in [-0.2, -0.15) is 26.3 Å². The minimum absolute atomic E-state index is 0.0597. The Morgan fingerprint density at radius 2 is 1.35 bits per heavy atom. The second-order valence-corrected chi connectivity index (χ2v) is 4.32. The maximum atomic E-state index is 12.7. The zero-order chi connectivity index (χ0) is 17.3. The van der Waals surface area contributed by atoms with Gasteiger partial charge in [-0.05, 0) is 24.3 Å². The first-order valence-electron chi connectivity index (χ1n) is 5.95. The summed E-state index contributed by atoms with van der Waals surface area (Å²) in [6, 6.07) is 2.01. The third kappa shape index (κ3) is 4.18. The quantitative estimate of drug-likeness (QED) is 0.850. The molecule has 2 aromatic rings. The van der Waals surface area contributed by atoms with Gasteiger partial charge in [0, 0.05) is 18.0 Å². The molecular weight excluding hydrogens is 328 g/mol. The normalized spacial score (nSPS) is 12.1. The maximum absolute atomic E-state index is 12.7. The molecule has 0 fully saturated rings. The molecule has 1 aromatic carbocycles. The highest BCUT2D eigenvalue weighted by atomic mass is 19.4. The molecule has 0 bridgehead atoms. The van der Waals surface area contributed by atoms with Crippen LogP contribution in [0.1, 0.15) is 21.5 Å². The first-order chi connectivity index (χ1) is 10.6. The van der Waals surface area contributed by atoms with Crippen LogP contribution in [0.25, 0.3) is 0 Å². The van der Waals surface area contributed by atoms with Crippen LogP contribution in [0.2, 0.25) is 0 Å². The summed E-state index contributed by atoms with van der Waals surface area (Å²) in [6.07, 6.45) is -7.56. The van der Waals surface area contributed by atoms with Crippen molar-refractivity contribution in [3.05, 3.63) is 53.3 Å². The lowest BCUT2D eigenvalue weighted by Crippen LogP contribution is -2.18. The number of hydrogen-bond acceptors (Lipinski definition) is 3. The van der Waals surface area contributed by atoms with Gasteiger partial charge in [-0.25, -0.2) is 9.97 Å². The summed E-state index contributed by atoms with van der Waals surface area (Å²) in [7, 11) is 0. The summed E-state index contributed by atoms with van der Waals surface area (Å²) < 4.78 is 76.2. The van der Waals surface area contributed by atoms with Crippen molar-refractivity contribution in [3.63, 3.8) is 0 Å². The lowest BCUT2D eigenvalue weighted by molar-refractivity contribution is -0.143. The molecule has 0 radical (unpaired) electrons. The average Bonchev–Trinajstić information content (AvgIpc) is 2.46. The molecule has 0 atom stereocenters. The van der Waals surface area contributed by atoms with Crippen LogP contribution in [0.5, 0.6) is 0 Å². The van der Waals surface area contributed by atoms with Gasteiger partial charge in [0.25, 0.3) is 5.91 Å². The van der Waals surface area contributed by atoms with E-state index in [1.165, 1.54) is 18.5 Å². The Balaban J connectivity index is 2.43. The Labute approximate surface area is 125 Å². The van der Waals surface area contributed by atoms with Gasteiger partial charge in [0.05, 0.1) is 11.1 Å². The predicted molar refractivity (Wildman–Crippen MR) is 66.4 cm³/mol. The zero-order valence-electron chi connectivity index (χ0n) is 11.0. The van der Waals surface area contributed by atoms with Crippen molar-refractivity contribution < 1.29 is 31.1 Å². The van der Waals surface area contributed by atoms with Gasteiger partial charge in [0.15, 0.2) is 0 Å². The molecule has 0 aliphatic rings. The second kappa shape index (κ2) is 5.86. The van der Waals surface area contributed by atoms with Crippen molar-refractivity contribution >= 4 is 11.9 Å². The summed E-state index contributed by atoms with van der Waals surface area (Å²) >= 11 is 0. The fourth-order valence-electron chi connectivity index (χ4n) is 1.62. The fourth-order valence-corrected chi connectivity index (χ4v) is 1.62. The number of amides is 1. The zero-order valence-corrected chi connectivity index (χ0v) is 11.0. The smallest absolute Gasteiger partial charge is 0.290 e. The van der Waals surface area contributed by atoms with Crippen LogP contribution in [0.15, 0.2) is 36.7 Å². The molecule has 0 unspecified atom stereocenters. The molecule has 10 heteroatoms. The van der Waals surface area contributed by atoms with E-state index in [1.807, 2.05) is 5.32 Å². The van der Waals surface area contributed by atoms with Crippen molar-refractivity contribution in [2.75, 3.05) is 5.32 Å². The van der Waals surface area contributed by atoms with Crippen molar-refractivity contribution in [2.24, 2.45) is 0 Å². The van der Waals surface area contributed by atoms with Crippen LogP contribution in [0.4, 0.5) is 32.3 Å². The highest BCUT2D eigenvalue weighted by Gasteiger charge is 2.37. The minimum atomic E-state index is -5.03. The number of alkyl halides is 6. The fraction of sp³-hybridized carbons (Fsp3) is 0.154. The van der Waals surface area contributed by atoms with Gasteiger partial charge in [-0.3, -0.25) is 10.1 Å². The molecule has 1 heterocycles. The van der Waals surface area contributed by atoms with Gasteiger partial charge in [-0.15, -0.1) is 0 Å². The molecule has 122 valence electrons. The van der Waals surface area contributed by atoms with Crippen LogP contribution in [-0.2, 0) is 12.4 Å². The number of halogens is 6. The maximum Gasteiger partial charge on any atom is 0.416 e. The Morgan fingerprint density at radius 1 is 0.870 bits per heavy atom. The SMILES string of the molecule is O=C(Nc1ncccn1)c1cc(C(F)(F)F)cc(C(F)(F)F)c1. The molecule has 2 rings (SSSR count). The Bertz CT molecular complexity index is 680. The summed E-state index contributed by atoms with van der Waals surface area (Å²) in [5, 5.41) is 2.02. The van der Waals surface area contributed by atoms with Crippen molar-refractivity contribution in [3.8, 4) is 0 Å². The second-order valence-electron chi connectivity index (χ2n) is 4.32. The monoisotopic (exact) mass is 335 g/mol. The molecule has 1 amide bonds. The molecule has 0 aliphatic carbocycles. The topological polar surface area (TPSA) is 54.9 Å². The molecular formula is C13H7F6N3O. The molecule has 0 saturated heterocycles. The van der Waals surface area contributed by atoms with E-state index in [1.54, 1.807) is 0 Å². The summed E-state index contributed by atoms with van der Waals surface area (Å²) in [5.41, 5.74) is -3.96. The lowest BCUT2D eigenvalue weighted by atomic mass is 10.0. The van der Waals surface area contributed by atoms with E-state index in [4.69, 9.17) is 0 Å². The van der Waals surface area contributed by atoms with Crippen molar-refractivity contribution in [2.45, 2.75) is 12.4 Å². The number of carbonyl (C=O) groups excluding carboxylic acids is 1. The van der Waals surface area contributed by atoms with E-state index in [0.29, 0.717) is 12.1 Å². The minimum Gasteiger partial charge on any atom is -0.290 e. The van der Waals surface area contributed by atoms with Crippen LogP contribution in [0.3, 0.4) is 0 Å². The highest BCUT2D eigenvalue weighted by molar-refractivity contribution is 6.03. The number of rotatable bonds is 2. The first-order valence-corrected chi connectivity index (χ1v) is 5.95. The summed E-state index contributed by atoms with van der Waals surface area (Å²) in [5.74, 6) is -1.43. The van der Waals surface area contributed by atoms with Crippen LogP contribution >= 0.6 is 0 Å². The van der Waals surface area contributed by atoms with Crippen LogP contribution in [-0.4, -0.2) is 15.9 Å². The molecule has 1 N–H and O–H groups in total. The number of anilines is 1. The number of carbonyl (C=O) groups is 1. The van der Waals surface area contributed by atoms with Gasteiger partial charge in [0.2, 0.25) is 5.95 Å². The van der Waals surface area contributed by atoms with E-state index in [0.717, 1.165) is 0 Å². The standard InChI is InChI=1S/C13H7F6N3O/c14-12(15,16)8-4-7(5-9(6-8)13(17,18)19)10(23)22-11-20-2-1-3-21-11/h1-6H,(H,20,21,22,23). The first kappa shape index (κ1) is 16.7. The molecule has 23 heavy (non-hydrogen) atoms. The van der Waals surface area contributed by atoms with E-state index in [2.05, 4.69) is 9.97 Å². The van der Waals surface area contributed by atoms with E-state index < -0.39 is 35.0 Å². The number of benzene rings is 1. The molecule has 0 spiro atoms. The Hall–Kier alpha value is -2.65. The van der Waals surface area contributed by atoms with Crippen LogP contribution < -0.4 is 5.32 Å². The van der Waals surface area contributed by atoms with E-state index in [9.17, 15) is 31.1 Å². The van der Waals surface area contributed by atoms with Crippen molar-refractivity contribution in [1.82, 2.24) is 9.97 Å². The summed E-state index contributed by atoms with van der Waals surface area (Å²) in [6.45, 7) is 0. The van der Waals surface area contributed by atoms with Gasteiger partial charge in [0.1, 0.15) is 0 Å². The molecule has 4 nitrogen and oxygen atoms in total. The molecule has 0 aliphatic heterocycles. The summed E-state index contributed by atoms with van der Waals surface area (Å²) in [4.78, 5) is 19.0. The largest absolute Gasteiger partial charge is 0.416 e. The number of hydrogen-bond donors (Lipinski definition) is 1. The Morgan fingerprint density at radius 3 is 1.78 bits per heavy atom. The average molecular weight is 335 g/mol. The Kier molecular flexibility index (Phi) is 4.26. The number of nitrogens with one attached hydrogen (secondary N) is 1. The van der Waals surface area contributed by atoms with E-state index >= 15 is 0 Å².